The van der Waals surface area contributed by atoms with Crippen LogP contribution in [-0.2, 0) is 11.2 Å². The van der Waals surface area contributed by atoms with E-state index in [9.17, 15) is 9.59 Å². The highest BCUT2D eigenvalue weighted by molar-refractivity contribution is 6.30. The maximum absolute atomic E-state index is 13.0. The Morgan fingerprint density at radius 1 is 0.939 bits per heavy atom. The molecule has 0 spiro atoms. The molecule has 1 aliphatic rings. The van der Waals surface area contributed by atoms with Crippen molar-refractivity contribution in [2.24, 2.45) is 0 Å². The van der Waals surface area contributed by atoms with E-state index in [2.05, 4.69) is 5.32 Å². The fourth-order valence-electron chi connectivity index (χ4n) is 4.27. The Bertz CT molecular complexity index is 1110. The Kier molecular flexibility index (Phi) is 7.36. The molecule has 0 saturated carbocycles. The van der Waals surface area contributed by atoms with Crippen LogP contribution in [0.25, 0.3) is 0 Å². The van der Waals surface area contributed by atoms with Crippen molar-refractivity contribution in [3.63, 3.8) is 0 Å². The van der Waals surface area contributed by atoms with Crippen molar-refractivity contribution in [3.8, 4) is 0 Å². The van der Waals surface area contributed by atoms with E-state index in [1.807, 2.05) is 67.6 Å². The van der Waals surface area contributed by atoms with E-state index in [0.29, 0.717) is 22.0 Å². The molecule has 4 nitrogen and oxygen atoms in total. The molecule has 0 radical (unpaired) electrons. The summed E-state index contributed by atoms with van der Waals surface area (Å²) in [6.45, 7) is 2.75. The molecular weight excluding hydrogens is 455 g/mol. The first kappa shape index (κ1) is 23.3. The van der Waals surface area contributed by atoms with Crippen LogP contribution in [0.4, 0.5) is 5.69 Å². The zero-order valence-corrected chi connectivity index (χ0v) is 19.9. The summed E-state index contributed by atoms with van der Waals surface area (Å²) in [5.41, 5.74) is 3.65. The molecule has 0 aliphatic carbocycles. The molecule has 1 fully saturated rings. The number of carbonyl (C=O) groups excluding carboxylic acids is 2. The minimum absolute atomic E-state index is 0.0499. The van der Waals surface area contributed by atoms with E-state index >= 15 is 0 Å². The van der Waals surface area contributed by atoms with Crippen LogP contribution in [0.2, 0.25) is 10.0 Å². The lowest BCUT2D eigenvalue weighted by Crippen LogP contribution is -2.38. The van der Waals surface area contributed by atoms with Crippen molar-refractivity contribution in [2.75, 3.05) is 11.4 Å². The van der Waals surface area contributed by atoms with Gasteiger partial charge in [0.2, 0.25) is 5.91 Å². The van der Waals surface area contributed by atoms with Crippen LogP contribution in [0.15, 0.2) is 72.8 Å². The molecule has 0 bridgehead atoms. The lowest BCUT2D eigenvalue weighted by Gasteiger charge is -2.26. The molecule has 3 aromatic carbocycles. The van der Waals surface area contributed by atoms with Gasteiger partial charge in [-0.2, -0.15) is 0 Å². The van der Waals surface area contributed by atoms with Gasteiger partial charge in [-0.05, 0) is 79.4 Å². The summed E-state index contributed by atoms with van der Waals surface area (Å²) < 4.78 is 0. The Balaban J connectivity index is 1.50. The third-order valence-electron chi connectivity index (χ3n) is 6.14. The number of anilines is 1. The molecule has 6 heteroatoms. The minimum atomic E-state index is -0.142. The third-order valence-corrected chi connectivity index (χ3v) is 6.65. The summed E-state index contributed by atoms with van der Waals surface area (Å²) in [5.74, 6) is 0.0413. The quantitative estimate of drug-likeness (QED) is 0.433. The monoisotopic (exact) mass is 480 g/mol. The van der Waals surface area contributed by atoms with Gasteiger partial charge in [0, 0.05) is 46.2 Å². The maximum Gasteiger partial charge on any atom is 0.251 e. The molecule has 1 heterocycles. The average Bonchev–Trinajstić information content (AvgIpc) is 3.25. The van der Waals surface area contributed by atoms with Crippen LogP contribution in [0.3, 0.4) is 0 Å². The van der Waals surface area contributed by atoms with E-state index in [1.54, 1.807) is 17.0 Å². The topological polar surface area (TPSA) is 49.4 Å². The van der Waals surface area contributed by atoms with Gasteiger partial charge in [0.1, 0.15) is 0 Å². The van der Waals surface area contributed by atoms with E-state index in [0.717, 1.165) is 36.2 Å². The van der Waals surface area contributed by atoms with E-state index in [4.69, 9.17) is 23.2 Å². The largest absolute Gasteiger partial charge is 0.349 e. The van der Waals surface area contributed by atoms with Crippen molar-refractivity contribution in [3.05, 3.63) is 99.5 Å². The van der Waals surface area contributed by atoms with Crippen molar-refractivity contribution >= 4 is 40.7 Å². The van der Waals surface area contributed by atoms with Crippen LogP contribution in [0.5, 0.6) is 0 Å². The van der Waals surface area contributed by atoms with Crippen LogP contribution < -0.4 is 10.2 Å². The smallest absolute Gasteiger partial charge is 0.251 e. The molecule has 0 aromatic heterocycles. The van der Waals surface area contributed by atoms with Crippen LogP contribution in [0, 0.1) is 0 Å². The molecule has 2 amide bonds. The van der Waals surface area contributed by atoms with Gasteiger partial charge in [-0.3, -0.25) is 9.59 Å². The fraction of sp³-hybridized carbons (Fsp3) is 0.259. The fourth-order valence-corrected chi connectivity index (χ4v) is 4.52. The highest BCUT2D eigenvalue weighted by Gasteiger charge is 2.24. The summed E-state index contributed by atoms with van der Waals surface area (Å²) in [6.07, 6.45) is 2.20. The summed E-state index contributed by atoms with van der Waals surface area (Å²) >= 11 is 12.1. The van der Waals surface area contributed by atoms with E-state index in [-0.39, 0.29) is 23.8 Å². The van der Waals surface area contributed by atoms with Gasteiger partial charge in [0.05, 0.1) is 0 Å². The Labute approximate surface area is 204 Å². The number of hydrogen-bond acceptors (Lipinski definition) is 2. The first-order valence-corrected chi connectivity index (χ1v) is 11.9. The van der Waals surface area contributed by atoms with Gasteiger partial charge < -0.3 is 10.2 Å². The Hall–Kier alpha value is -2.82. The normalized spacial score (nSPS) is 15.4. The Morgan fingerprint density at radius 2 is 1.55 bits per heavy atom. The van der Waals surface area contributed by atoms with Gasteiger partial charge in [-0.1, -0.05) is 47.5 Å². The third kappa shape index (κ3) is 5.76. The summed E-state index contributed by atoms with van der Waals surface area (Å²) in [7, 11) is 0. The van der Waals surface area contributed by atoms with Crippen molar-refractivity contribution in [1.29, 1.82) is 0 Å². The molecule has 1 aliphatic heterocycles. The predicted octanol–water partition coefficient (Wildman–Crippen LogP) is 6.27. The first-order chi connectivity index (χ1) is 15.9. The highest BCUT2D eigenvalue weighted by Crippen LogP contribution is 2.27. The predicted molar refractivity (Wildman–Crippen MR) is 134 cm³/mol. The first-order valence-electron chi connectivity index (χ1n) is 11.1. The van der Waals surface area contributed by atoms with Gasteiger partial charge in [-0.25, -0.2) is 0 Å². The Morgan fingerprint density at radius 3 is 2.12 bits per heavy atom. The summed E-state index contributed by atoms with van der Waals surface area (Å²) in [4.78, 5) is 26.7. The number of benzene rings is 3. The maximum atomic E-state index is 13.0. The summed E-state index contributed by atoms with van der Waals surface area (Å²) in [6, 6.07) is 22.7. The van der Waals surface area contributed by atoms with Gasteiger partial charge in [0.25, 0.3) is 5.91 Å². The SMILES string of the molecule is C[C@@H](NC(=O)c1ccc(N2CCCC2=O)cc1)[C@H](Cc1ccc(Cl)cc1)c1ccc(Cl)cc1. The zero-order valence-electron chi connectivity index (χ0n) is 18.4. The van der Waals surface area contributed by atoms with Gasteiger partial charge >= 0.3 is 0 Å². The molecule has 170 valence electrons. The number of amides is 2. The van der Waals surface area contributed by atoms with Crippen LogP contribution in [0.1, 0.15) is 47.2 Å². The lowest BCUT2D eigenvalue weighted by atomic mass is 9.86. The second kappa shape index (κ2) is 10.4. The molecule has 1 saturated heterocycles. The van der Waals surface area contributed by atoms with Crippen LogP contribution >= 0.6 is 23.2 Å². The standard InChI is InChI=1S/C27H26Cl2N2O2/c1-18(30-27(33)21-8-14-24(15-9-21)31-16-2-3-26(31)32)25(20-6-12-23(29)13-7-20)17-19-4-10-22(28)11-5-19/h4-15,18,25H,2-3,16-17H2,1H3,(H,30,33)/t18-,25+/m1/s1. The number of hydrogen-bond donors (Lipinski definition) is 1. The average molecular weight is 481 g/mol. The second-order valence-corrected chi connectivity index (χ2v) is 9.32. The number of halogens is 2. The van der Waals surface area contributed by atoms with Crippen molar-refractivity contribution in [2.45, 2.75) is 38.1 Å². The molecule has 4 rings (SSSR count). The van der Waals surface area contributed by atoms with Gasteiger partial charge in [-0.15, -0.1) is 0 Å². The summed E-state index contributed by atoms with van der Waals surface area (Å²) in [5, 5.41) is 4.53. The second-order valence-electron chi connectivity index (χ2n) is 8.45. The molecule has 0 unspecified atom stereocenters. The minimum Gasteiger partial charge on any atom is -0.349 e. The molecule has 3 aromatic rings. The lowest BCUT2D eigenvalue weighted by molar-refractivity contribution is -0.117. The van der Waals surface area contributed by atoms with E-state index < -0.39 is 0 Å². The number of carbonyl (C=O) groups is 2. The van der Waals surface area contributed by atoms with E-state index in [1.165, 1.54) is 0 Å². The number of rotatable bonds is 7. The number of nitrogens with one attached hydrogen (secondary N) is 1. The molecular formula is C27H26Cl2N2O2. The molecule has 2 atom stereocenters. The molecule has 1 N–H and O–H groups in total. The molecule has 33 heavy (non-hydrogen) atoms. The van der Waals surface area contributed by atoms with Crippen molar-refractivity contribution in [1.82, 2.24) is 5.32 Å². The zero-order chi connectivity index (χ0) is 23.4. The van der Waals surface area contributed by atoms with Crippen LogP contribution in [-0.4, -0.2) is 24.4 Å². The van der Waals surface area contributed by atoms with Crippen molar-refractivity contribution < 1.29 is 9.59 Å². The number of nitrogens with zero attached hydrogens (tertiary/aromatic N) is 1. The highest BCUT2D eigenvalue weighted by atomic mass is 35.5. The van der Waals surface area contributed by atoms with Gasteiger partial charge in [0.15, 0.2) is 0 Å².